The average molecular weight is 643 g/mol. The van der Waals surface area contributed by atoms with Gasteiger partial charge in [0.25, 0.3) is 0 Å². The fourth-order valence-electron chi connectivity index (χ4n) is 8.23. The van der Waals surface area contributed by atoms with Gasteiger partial charge in [-0.05, 0) is 74.1 Å². The van der Waals surface area contributed by atoms with Crippen molar-refractivity contribution in [1.82, 2.24) is 4.90 Å². The van der Waals surface area contributed by atoms with Gasteiger partial charge in [-0.2, -0.15) is 0 Å². The van der Waals surface area contributed by atoms with Crippen LogP contribution in [-0.4, -0.2) is 40.2 Å². The third-order valence-electron chi connectivity index (χ3n) is 10.3. The molecule has 4 aliphatic rings. The molecule has 10 heteroatoms. The van der Waals surface area contributed by atoms with Crippen LogP contribution in [-0.2, 0) is 25.7 Å². The SMILES string of the molecule is CCOc1cc(C2C3=CCC4C(=O)N(Cc5ccccc5)C(=O)C4C3CC3C(=O)N(c4ccc(F)c(Cl)c4)C(=O)C32C)ccc1O. The summed E-state index contributed by atoms with van der Waals surface area (Å²) in [6, 6.07) is 17.9. The van der Waals surface area contributed by atoms with E-state index in [1.165, 1.54) is 23.1 Å². The number of carbonyl (C=O) groups is 4. The van der Waals surface area contributed by atoms with E-state index in [1.54, 1.807) is 26.0 Å². The van der Waals surface area contributed by atoms with E-state index >= 15 is 0 Å². The van der Waals surface area contributed by atoms with Crippen molar-refractivity contribution in [3.05, 3.63) is 100 Å². The monoisotopic (exact) mass is 642 g/mol. The second kappa shape index (κ2) is 11.1. The standard InChI is InChI=1S/C36H32ClFN2O6/c1-3-46-29-15-20(9-14-28(29)41)31-22-11-12-23-30(34(44)39(32(23)42)18-19-7-5-4-6-8-19)24(22)17-25-33(43)40(35(45)36(25,31)2)21-10-13-27(38)26(37)16-21/h4-11,13-16,23-25,30-31,41H,3,12,17-18H2,1-2H3. The fourth-order valence-corrected chi connectivity index (χ4v) is 8.41. The number of imide groups is 2. The van der Waals surface area contributed by atoms with Crippen molar-refractivity contribution in [2.45, 2.75) is 39.2 Å². The van der Waals surface area contributed by atoms with E-state index in [-0.39, 0.29) is 47.0 Å². The van der Waals surface area contributed by atoms with Crippen LogP contribution < -0.4 is 9.64 Å². The first-order chi connectivity index (χ1) is 22.1. The van der Waals surface area contributed by atoms with Gasteiger partial charge >= 0.3 is 0 Å². The Balaban J connectivity index is 1.35. The minimum absolute atomic E-state index is 0.0677. The van der Waals surface area contributed by atoms with Crippen LogP contribution in [0.15, 0.2) is 78.4 Å². The van der Waals surface area contributed by atoms with Crippen molar-refractivity contribution in [2.24, 2.45) is 29.1 Å². The fraction of sp³-hybridized carbons (Fsp3) is 0.333. The number of halogens is 2. The molecule has 2 aliphatic heterocycles. The van der Waals surface area contributed by atoms with E-state index in [1.807, 2.05) is 36.4 Å². The number of carbonyl (C=O) groups excluding carboxylic acids is 4. The normalized spacial score (nSPS) is 28.6. The molecule has 46 heavy (non-hydrogen) atoms. The molecule has 0 spiro atoms. The lowest BCUT2D eigenvalue weighted by molar-refractivity contribution is -0.141. The van der Waals surface area contributed by atoms with Crippen molar-refractivity contribution < 1.29 is 33.4 Å². The van der Waals surface area contributed by atoms with Gasteiger partial charge in [-0.15, -0.1) is 0 Å². The molecule has 2 heterocycles. The first-order valence-corrected chi connectivity index (χ1v) is 15.8. The summed E-state index contributed by atoms with van der Waals surface area (Å²) in [6.45, 7) is 4.00. The predicted molar refractivity (Wildman–Crippen MR) is 167 cm³/mol. The Labute approximate surface area is 270 Å². The molecular weight excluding hydrogens is 611 g/mol. The van der Waals surface area contributed by atoms with Crippen LogP contribution >= 0.6 is 11.6 Å². The van der Waals surface area contributed by atoms with E-state index in [4.69, 9.17) is 16.3 Å². The molecule has 236 valence electrons. The number of fused-ring (bicyclic) bond motifs is 4. The third kappa shape index (κ3) is 4.39. The van der Waals surface area contributed by atoms with Crippen LogP contribution in [0.3, 0.4) is 0 Å². The Kier molecular flexibility index (Phi) is 7.27. The van der Waals surface area contributed by atoms with E-state index in [2.05, 4.69) is 0 Å². The van der Waals surface area contributed by atoms with Gasteiger partial charge in [0.05, 0.1) is 47.0 Å². The van der Waals surface area contributed by atoms with Crippen LogP contribution in [0.2, 0.25) is 5.02 Å². The number of hydrogen-bond donors (Lipinski definition) is 1. The first kappa shape index (κ1) is 30.2. The van der Waals surface area contributed by atoms with Crippen LogP contribution in [0.4, 0.5) is 10.1 Å². The topological polar surface area (TPSA) is 104 Å². The zero-order valence-electron chi connectivity index (χ0n) is 25.3. The molecule has 8 nitrogen and oxygen atoms in total. The highest BCUT2D eigenvalue weighted by atomic mass is 35.5. The molecule has 3 aromatic rings. The molecule has 2 aliphatic carbocycles. The van der Waals surface area contributed by atoms with Crippen molar-refractivity contribution in [2.75, 3.05) is 11.5 Å². The minimum Gasteiger partial charge on any atom is -0.504 e. The molecule has 2 saturated heterocycles. The molecule has 6 unspecified atom stereocenters. The zero-order chi connectivity index (χ0) is 32.5. The van der Waals surface area contributed by atoms with Gasteiger partial charge in [-0.25, -0.2) is 9.29 Å². The van der Waals surface area contributed by atoms with Crippen molar-refractivity contribution >= 4 is 40.9 Å². The van der Waals surface area contributed by atoms with Gasteiger partial charge in [0.15, 0.2) is 11.5 Å². The Morgan fingerprint density at radius 3 is 2.46 bits per heavy atom. The van der Waals surface area contributed by atoms with Gasteiger partial charge in [0.2, 0.25) is 23.6 Å². The summed E-state index contributed by atoms with van der Waals surface area (Å²) in [6.07, 6.45) is 2.47. The lowest BCUT2D eigenvalue weighted by Crippen LogP contribution is -2.48. The summed E-state index contributed by atoms with van der Waals surface area (Å²) in [5.41, 5.74) is 1.15. The average Bonchev–Trinajstić information content (AvgIpc) is 3.40. The second-order valence-electron chi connectivity index (χ2n) is 12.7. The Morgan fingerprint density at radius 1 is 0.978 bits per heavy atom. The number of aromatic hydroxyl groups is 1. The van der Waals surface area contributed by atoms with Crippen LogP contribution in [0.25, 0.3) is 0 Å². The number of amides is 4. The molecule has 1 saturated carbocycles. The van der Waals surface area contributed by atoms with E-state index in [0.717, 1.165) is 22.1 Å². The molecular formula is C36H32ClFN2O6. The Bertz CT molecular complexity index is 1830. The zero-order valence-corrected chi connectivity index (χ0v) is 26.0. The number of phenolic OH excluding ortho intramolecular Hbond substituents is 1. The predicted octanol–water partition coefficient (Wildman–Crippen LogP) is 6.01. The summed E-state index contributed by atoms with van der Waals surface area (Å²) in [5, 5.41) is 10.3. The van der Waals surface area contributed by atoms with E-state index in [0.29, 0.717) is 18.6 Å². The lowest BCUT2D eigenvalue weighted by atomic mass is 9.51. The Hall–Kier alpha value is -4.50. The maximum Gasteiger partial charge on any atom is 0.241 e. The lowest BCUT2D eigenvalue weighted by Gasteiger charge is -2.49. The maximum absolute atomic E-state index is 14.5. The highest BCUT2D eigenvalue weighted by Gasteiger charge is 2.67. The number of ether oxygens (including phenoxy) is 1. The molecule has 4 amide bonds. The number of phenols is 1. The highest BCUT2D eigenvalue weighted by Crippen LogP contribution is 2.64. The number of hydrogen-bond acceptors (Lipinski definition) is 6. The van der Waals surface area contributed by atoms with Crippen molar-refractivity contribution in [3.63, 3.8) is 0 Å². The quantitative estimate of drug-likeness (QED) is 0.261. The molecule has 3 fully saturated rings. The highest BCUT2D eigenvalue weighted by molar-refractivity contribution is 6.31. The second-order valence-corrected chi connectivity index (χ2v) is 13.1. The van der Waals surface area contributed by atoms with Crippen LogP contribution in [0.5, 0.6) is 11.5 Å². The maximum atomic E-state index is 14.5. The number of likely N-dealkylation sites (tertiary alicyclic amines) is 1. The largest absolute Gasteiger partial charge is 0.504 e. The number of anilines is 1. The van der Waals surface area contributed by atoms with Crippen LogP contribution in [0.1, 0.15) is 43.7 Å². The number of benzene rings is 3. The number of nitrogens with zero attached hydrogens (tertiary/aromatic N) is 2. The molecule has 7 rings (SSSR count). The summed E-state index contributed by atoms with van der Waals surface area (Å²) < 4.78 is 19.8. The smallest absolute Gasteiger partial charge is 0.241 e. The van der Waals surface area contributed by atoms with E-state index < -0.39 is 52.6 Å². The first-order valence-electron chi connectivity index (χ1n) is 15.4. The van der Waals surface area contributed by atoms with Gasteiger partial charge in [-0.1, -0.05) is 59.6 Å². The van der Waals surface area contributed by atoms with Gasteiger partial charge < -0.3 is 9.84 Å². The molecule has 3 aromatic carbocycles. The number of allylic oxidation sites excluding steroid dienone is 2. The minimum atomic E-state index is -1.30. The summed E-state index contributed by atoms with van der Waals surface area (Å²) in [5.74, 6) is -5.26. The van der Waals surface area contributed by atoms with Crippen molar-refractivity contribution in [3.8, 4) is 11.5 Å². The van der Waals surface area contributed by atoms with Crippen molar-refractivity contribution in [1.29, 1.82) is 0 Å². The molecule has 0 bridgehead atoms. The van der Waals surface area contributed by atoms with Gasteiger partial charge in [0, 0.05) is 5.92 Å². The summed E-state index contributed by atoms with van der Waals surface area (Å²) >= 11 is 6.08. The Morgan fingerprint density at radius 2 is 1.74 bits per heavy atom. The molecule has 0 radical (unpaired) electrons. The van der Waals surface area contributed by atoms with Crippen LogP contribution in [0, 0.1) is 34.9 Å². The summed E-state index contributed by atoms with van der Waals surface area (Å²) in [7, 11) is 0. The molecule has 6 atom stereocenters. The third-order valence-corrected chi connectivity index (χ3v) is 10.6. The molecule has 0 aromatic heterocycles. The summed E-state index contributed by atoms with van der Waals surface area (Å²) in [4.78, 5) is 59.0. The molecule has 1 N–H and O–H groups in total. The number of rotatable bonds is 6. The van der Waals surface area contributed by atoms with Gasteiger partial charge in [0.1, 0.15) is 5.82 Å². The van der Waals surface area contributed by atoms with E-state index in [9.17, 15) is 28.7 Å². The van der Waals surface area contributed by atoms with Gasteiger partial charge in [-0.3, -0.25) is 24.1 Å².